The smallest absolute Gasteiger partial charge is 0.134 e. The van der Waals surface area contributed by atoms with Gasteiger partial charge in [-0.15, -0.1) is 5.10 Å². The van der Waals surface area contributed by atoms with Crippen LogP contribution < -0.4 is 4.74 Å². The second kappa shape index (κ2) is 13.0. The number of ether oxygens (including phenoxy) is 1. The van der Waals surface area contributed by atoms with Crippen molar-refractivity contribution in [3.05, 3.63) is 40.7 Å². The van der Waals surface area contributed by atoms with E-state index in [0.717, 1.165) is 23.9 Å². The Morgan fingerprint density at radius 3 is 2.39 bits per heavy atom. The summed E-state index contributed by atoms with van der Waals surface area (Å²) in [6.45, 7) is 15.9. The predicted molar refractivity (Wildman–Crippen MR) is 159 cm³/mol. The maximum Gasteiger partial charge on any atom is 0.134 e. The van der Waals surface area contributed by atoms with Gasteiger partial charge in [0.25, 0.3) is 0 Å². The van der Waals surface area contributed by atoms with Crippen LogP contribution in [0.5, 0.6) is 5.75 Å². The molecular formula is C34H55N3O. The summed E-state index contributed by atoms with van der Waals surface area (Å²) in [5.74, 6) is 2.26. The summed E-state index contributed by atoms with van der Waals surface area (Å²) in [6, 6.07) is 4.67. The van der Waals surface area contributed by atoms with Crippen LogP contribution in [-0.4, -0.2) is 15.0 Å². The minimum absolute atomic E-state index is 0.287. The Bertz CT molecular complexity index is 1020. The normalized spacial score (nSPS) is 22.3. The SMILES string of the molecule is CCCCCCCCCCCn1cc(COc2ccc3c(c2C(C)C)CC[C@H]2C(C)(C)CCC[C@]32C)nn1. The van der Waals surface area contributed by atoms with Gasteiger partial charge in [-0.2, -0.15) is 0 Å². The van der Waals surface area contributed by atoms with Crippen LogP contribution in [0.25, 0.3) is 0 Å². The van der Waals surface area contributed by atoms with Gasteiger partial charge in [-0.3, -0.25) is 4.68 Å². The van der Waals surface area contributed by atoms with Gasteiger partial charge in [0.15, 0.2) is 0 Å². The molecule has 2 aliphatic carbocycles. The van der Waals surface area contributed by atoms with Crippen LogP contribution in [0.1, 0.15) is 153 Å². The summed E-state index contributed by atoms with van der Waals surface area (Å²) >= 11 is 0. The van der Waals surface area contributed by atoms with Crippen molar-refractivity contribution in [3.63, 3.8) is 0 Å². The van der Waals surface area contributed by atoms with E-state index in [1.165, 1.54) is 95.5 Å². The molecule has 0 unspecified atom stereocenters. The van der Waals surface area contributed by atoms with Crippen LogP contribution in [0.4, 0.5) is 0 Å². The van der Waals surface area contributed by atoms with Gasteiger partial charge in [-0.1, -0.05) is 111 Å². The summed E-state index contributed by atoms with van der Waals surface area (Å²) in [5.41, 5.74) is 6.24. The molecule has 0 spiro atoms. The minimum Gasteiger partial charge on any atom is -0.487 e. The van der Waals surface area contributed by atoms with E-state index in [2.05, 4.69) is 70.2 Å². The summed E-state index contributed by atoms with van der Waals surface area (Å²) in [7, 11) is 0. The molecule has 0 saturated heterocycles. The van der Waals surface area contributed by atoms with Gasteiger partial charge in [0, 0.05) is 12.1 Å². The van der Waals surface area contributed by atoms with Crippen molar-refractivity contribution < 1.29 is 4.74 Å². The number of hydrogen-bond donors (Lipinski definition) is 0. The highest BCUT2D eigenvalue weighted by Crippen LogP contribution is 2.58. The molecule has 2 atom stereocenters. The molecule has 2 aromatic rings. The second-order valence-electron chi connectivity index (χ2n) is 13.6. The number of rotatable bonds is 14. The number of aryl methyl sites for hydroxylation is 1. The lowest BCUT2D eigenvalue weighted by Gasteiger charge is -2.54. The number of fused-ring (bicyclic) bond motifs is 3. The van der Waals surface area contributed by atoms with Crippen LogP contribution in [-0.2, 0) is 25.0 Å². The van der Waals surface area contributed by atoms with Crippen LogP contribution in [0.2, 0.25) is 0 Å². The molecule has 0 amide bonds. The molecule has 2 aliphatic rings. The van der Waals surface area contributed by atoms with Crippen molar-refractivity contribution >= 4 is 0 Å². The first kappa shape index (κ1) is 29.2. The molecule has 1 aromatic heterocycles. The van der Waals surface area contributed by atoms with Gasteiger partial charge in [-0.05, 0) is 72.0 Å². The highest BCUT2D eigenvalue weighted by Gasteiger charge is 2.50. The van der Waals surface area contributed by atoms with Crippen molar-refractivity contribution in [2.24, 2.45) is 11.3 Å². The number of aromatic nitrogens is 3. The maximum atomic E-state index is 6.46. The first-order valence-corrected chi connectivity index (χ1v) is 15.9. The second-order valence-corrected chi connectivity index (χ2v) is 13.6. The maximum absolute atomic E-state index is 6.46. The van der Waals surface area contributed by atoms with Crippen molar-refractivity contribution in [3.8, 4) is 5.75 Å². The molecule has 4 heteroatoms. The molecule has 212 valence electrons. The third-order valence-corrected chi connectivity index (χ3v) is 9.87. The molecule has 0 aliphatic heterocycles. The third kappa shape index (κ3) is 6.65. The Morgan fingerprint density at radius 1 is 0.974 bits per heavy atom. The van der Waals surface area contributed by atoms with E-state index in [9.17, 15) is 0 Å². The van der Waals surface area contributed by atoms with E-state index in [-0.39, 0.29) is 5.41 Å². The van der Waals surface area contributed by atoms with Gasteiger partial charge in [0.2, 0.25) is 0 Å². The van der Waals surface area contributed by atoms with E-state index >= 15 is 0 Å². The zero-order valence-electron chi connectivity index (χ0n) is 25.5. The lowest BCUT2D eigenvalue weighted by molar-refractivity contribution is 0.0404. The van der Waals surface area contributed by atoms with Gasteiger partial charge < -0.3 is 4.74 Å². The van der Waals surface area contributed by atoms with E-state index in [4.69, 9.17) is 4.74 Å². The molecule has 0 radical (unpaired) electrons. The first-order valence-electron chi connectivity index (χ1n) is 15.9. The van der Waals surface area contributed by atoms with Gasteiger partial charge in [0.05, 0.1) is 6.20 Å². The van der Waals surface area contributed by atoms with Crippen LogP contribution in [0.3, 0.4) is 0 Å². The average Bonchev–Trinajstić information content (AvgIpc) is 3.33. The van der Waals surface area contributed by atoms with Gasteiger partial charge in [0.1, 0.15) is 18.1 Å². The summed E-state index contributed by atoms with van der Waals surface area (Å²) in [5, 5.41) is 8.80. The molecule has 1 saturated carbocycles. The van der Waals surface area contributed by atoms with Crippen molar-refractivity contribution in [2.45, 2.75) is 156 Å². The Morgan fingerprint density at radius 2 is 1.68 bits per heavy atom. The van der Waals surface area contributed by atoms with Crippen LogP contribution in [0.15, 0.2) is 18.3 Å². The average molecular weight is 522 g/mol. The van der Waals surface area contributed by atoms with Crippen LogP contribution in [0, 0.1) is 11.3 Å². The summed E-state index contributed by atoms with van der Waals surface area (Å²) < 4.78 is 8.46. The zero-order valence-corrected chi connectivity index (χ0v) is 25.5. The first-order chi connectivity index (χ1) is 18.3. The van der Waals surface area contributed by atoms with Gasteiger partial charge in [-0.25, -0.2) is 0 Å². The monoisotopic (exact) mass is 521 g/mol. The number of hydrogen-bond acceptors (Lipinski definition) is 3. The van der Waals surface area contributed by atoms with E-state index in [1.54, 1.807) is 11.1 Å². The van der Waals surface area contributed by atoms with Gasteiger partial charge >= 0.3 is 0 Å². The van der Waals surface area contributed by atoms with E-state index < -0.39 is 0 Å². The number of nitrogens with zero attached hydrogens (tertiary/aromatic N) is 3. The quantitative estimate of drug-likeness (QED) is 0.232. The third-order valence-electron chi connectivity index (χ3n) is 9.87. The zero-order chi connectivity index (χ0) is 27.2. The fourth-order valence-corrected chi connectivity index (χ4v) is 7.90. The van der Waals surface area contributed by atoms with Crippen molar-refractivity contribution in [1.29, 1.82) is 0 Å². The largest absolute Gasteiger partial charge is 0.487 e. The minimum atomic E-state index is 0.287. The highest BCUT2D eigenvalue weighted by atomic mass is 16.5. The Labute approximate surface area is 233 Å². The molecular weight excluding hydrogens is 466 g/mol. The molecule has 38 heavy (non-hydrogen) atoms. The fraction of sp³-hybridized carbons (Fsp3) is 0.765. The Kier molecular flexibility index (Phi) is 9.98. The lowest BCUT2D eigenvalue weighted by atomic mass is 9.50. The molecule has 4 nitrogen and oxygen atoms in total. The topological polar surface area (TPSA) is 39.9 Å². The molecule has 1 heterocycles. The number of unbranched alkanes of at least 4 members (excludes halogenated alkanes) is 8. The lowest BCUT2D eigenvalue weighted by Crippen LogP contribution is -2.48. The van der Waals surface area contributed by atoms with Crippen molar-refractivity contribution in [2.75, 3.05) is 0 Å². The fourth-order valence-electron chi connectivity index (χ4n) is 7.90. The molecule has 1 fully saturated rings. The van der Waals surface area contributed by atoms with E-state index in [0.29, 0.717) is 17.9 Å². The Balaban J connectivity index is 1.33. The molecule has 1 aromatic carbocycles. The standard InChI is InChI=1S/C34H55N3O/c1-7-8-9-10-11-12-13-14-15-23-37-24-27(35-36-37)25-38-30-19-18-29-28(32(30)26(2)3)17-20-31-33(4,5)21-16-22-34(29,31)6/h18-19,24,26,31H,7-17,20-23,25H2,1-6H3/t31-,34+/m0/s1. The molecule has 0 N–H and O–H groups in total. The van der Waals surface area contributed by atoms with Crippen LogP contribution >= 0.6 is 0 Å². The number of benzene rings is 1. The summed E-state index contributed by atoms with van der Waals surface area (Å²) in [4.78, 5) is 0. The van der Waals surface area contributed by atoms with Crippen molar-refractivity contribution in [1.82, 2.24) is 15.0 Å². The Hall–Kier alpha value is -1.84. The van der Waals surface area contributed by atoms with E-state index in [1.807, 2.05) is 4.68 Å². The highest BCUT2D eigenvalue weighted by molar-refractivity contribution is 5.51. The summed E-state index contributed by atoms with van der Waals surface area (Å²) in [6.07, 6.45) is 20.7. The molecule has 4 rings (SSSR count). The predicted octanol–water partition coefficient (Wildman–Crippen LogP) is 9.54. The molecule has 0 bridgehead atoms.